The van der Waals surface area contributed by atoms with Crippen LogP contribution in [-0.2, 0) is 6.54 Å². The standard InChI is InChI=1S/C17H20ClN3O/c1-13-3-2-4-15(9-14-5-7-16(18)8-6-14)17(13,22)10-21-12-19-11-20-21/h5-9,11-13,22H,2-4,10H2,1H3/b15-9+. The SMILES string of the molecule is CC1CCC/C(=C\c2ccc(Cl)cc2)C1(O)Cn1cncn1. The highest BCUT2D eigenvalue weighted by Crippen LogP contribution is 2.40. The number of hydrogen-bond acceptors (Lipinski definition) is 3. The molecule has 116 valence electrons. The molecule has 1 heterocycles. The van der Waals surface area contributed by atoms with Gasteiger partial charge in [-0.15, -0.1) is 0 Å². The van der Waals surface area contributed by atoms with E-state index in [2.05, 4.69) is 23.1 Å². The number of halogens is 1. The Labute approximate surface area is 135 Å². The lowest BCUT2D eigenvalue weighted by Gasteiger charge is -2.40. The van der Waals surface area contributed by atoms with Crippen LogP contribution in [0.5, 0.6) is 0 Å². The first-order chi connectivity index (χ1) is 10.6. The van der Waals surface area contributed by atoms with Crippen LogP contribution >= 0.6 is 11.6 Å². The zero-order chi connectivity index (χ0) is 15.6. The molecule has 0 amide bonds. The normalized spacial score (nSPS) is 27.2. The fourth-order valence-electron chi connectivity index (χ4n) is 3.15. The average molecular weight is 318 g/mol. The molecule has 5 heteroatoms. The summed E-state index contributed by atoms with van der Waals surface area (Å²) >= 11 is 5.94. The number of nitrogens with zero attached hydrogens (tertiary/aromatic N) is 3. The van der Waals surface area contributed by atoms with Crippen molar-refractivity contribution in [1.29, 1.82) is 0 Å². The lowest BCUT2D eigenvalue weighted by atomic mass is 9.72. The summed E-state index contributed by atoms with van der Waals surface area (Å²) < 4.78 is 1.71. The molecule has 22 heavy (non-hydrogen) atoms. The van der Waals surface area contributed by atoms with Crippen LogP contribution in [0, 0.1) is 5.92 Å². The average Bonchev–Trinajstić information content (AvgIpc) is 2.99. The second-order valence-electron chi connectivity index (χ2n) is 6.03. The minimum Gasteiger partial charge on any atom is -0.383 e. The lowest BCUT2D eigenvalue weighted by Crippen LogP contribution is -2.45. The highest BCUT2D eigenvalue weighted by molar-refractivity contribution is 6.30. The van der Waals surface area contributed by atoms with Crippen molar-refractivity contribution in [3.8, 4) is 0 Å². The third kappa shape index (κ3) is 3.08. The Morgan fingerprint density at radius 3 is 2.86 bits per heavy atom. The third-order valence-electron chi connectivity index (χ3n) is 4.54. The van der Waals surface area contributed by atoms with E-state index >= 15 is 0 Å². The van der Waals surface area contributed by atoms with E-state index in [-0.39, 0.29) is 5.92 Å². The maximum atomic E-state index is 11.3. The number of rotatable bonds is 3. The fourth-order valence-corrected chi connectivity index (χ4v) is 3.27. The van der Waals surface area contributed by atoms with Crippen molar-refractivity contribution >= 4 is 17.7 Å². The quantitative estimate of drug-likeness (QED) is 0.941. The van der Waals surface area contributed by atoms with Crippen molar-refractivity contribution in [3.63, 3.8) is 0 Å². The fraction of sp³-hybridized carbons (Fsp3) is 0.412. The van der Waals surface area contributed by atoms with E-state index < -0.39 is 5.60 Å². The summed E-state index contributed by atoms with van der Waals surface area (Å²) in [6.45, 7) is 2.54. The lowest BCUT2D eigenvalue weighted by molar-refractivity contribution is -0.0126. The van der Waals surface area contributed by atoms with E-state index in [1.54, 1.807) is 11.0 Å². The first-order valence-corrected chi connectivity index (χ1v) is 7.97. The number of aliphatic hydroxyl groups is 1. The van der Waals surface area contributed by atoms with Gasteiger partial charge in [0.1, 0.15) is 18.3 Å². The maximum Gasteiger partial charge on any atom is 0.137 e. The zero-order valence-electron chi connectivity index (χ0n) is 12.6. The van der Waals surface area contributed by atoms with Crippen molar-refractivity contribution < 1.29 is 5.11 Å². The van der Waals surface area contributed by atoms with Crippen molar-refractivity contribution in [3.05, 3.63) is 53.1 Å². The topological polar surface area (TPSA) is 50.9 Å². The van der Waals surface area contributed by atoms with Crippen LogP contribution in [-0.4, -0.2) is 25.5 Å². The van der Waals surface area contributed by atoms with Gasteiger partial charge in [-0.3, -0.25) is 0 Å². The smallest absolute Gasteiger partial charge is 0.137 e. The summed E-state index contributed by atoms with van der Waals surface area (Å²) in [7, 11) is 0. The predicted octanol–water partition coefficient (Wildman–Crippen LogP) is 3.57. The molecule has 1 saturated carbocycles. The number of aromatic nitrogens is 3. The summed E-state index contributed by atoms with van der Waals surface area (Å²) in [4.78, 5) is 3.97. The Kier molecular flexibility index (Phi) is 4.32. The Bertz CT molecular complexity index is 651. The van der Waals surface area contributed by atoms with Gasteiger partial charge in [0.2, 0.25) is 0 Å². The Hall–Kier alpha value is -1.65. The summed E-state index contributed by atoms with van der Waals surface area (Å²) in [6.07, 6.45) is 8.25. The van der Waals surface area contributed by atoms with Gasteiger partial charge >= 0.3 is 0 Å². The third-order valence-corrected chi connectivity index (χ3v) is 4.79. The van der Waals surface area contributed by atoms with Crippen LogP contribution in [0.4, 0.5) is 0 Å². The Morgan fingerprint density at radius 2 is 2.18 bits per heavy atom. The molecule has 3 rings (SSSR count). The van der Waals surface area contributed by atoms with Gasteiger partial charge in [0.15, 0.2) is 0 Å². The molecule has 4 nitrogen and oxygen atoms in total. The van der Waals surface area contributed by atoms with Crippen LogP contribution in [0.15, 0.2) is 42.5 Å². The van der Waals surface area contributed by atoms with Gasteiger partial charge in [-0.2, -0.15) is 5.10 Å². The molecule has 2 atom stereocenters. The molecule has 0 saturated heterocycles. The van der Waals surface area contributed by atoms with Gasteiger partial charge in [-0.05, 0) is 48.4 Å². The molecule has 0 radical (unpaired) electrons. The van der Waals surface area contributed by atoms with E-state index in [1.165, 1.54) is 6.33 Å². The molecule has 1 aromatic heterocycles. The first-order valence-electron chi connectivity index (χ1n) is 7.59. The van der Waals surface area contributed by atoms with Crippen molar-refractivity contribution in [1.82, 2.24) is 14.8 Å². The van der Waals surface area contributed by atoms with E-state index in [0.717, 1.165) is 35.4 Å². The predicted molar refractivity (Wildman–Crippen MR) is 87.4 cm³/mol. The minimum absolute atomic E-state index is 0.184. The molecule has 2 aromatic rings. The first kappa shape index (κ1) is 15.3. The maximum absolute atomic E-state index is 11.3. The molecule has 1 aliphatic carbocycles. The highest BCUT2D eigenvalue weighted by atomic mass is 35.5. The summed E-state index contributed by atoms with van der Waals surface area (Å²) in [5.41, 5.74) is 1.24. The monoisotopic (exact) mass is 317 g/mol. The second kappa shape index (κ2) is 6.23. The largest absolute Gasteiger partial charge is 0.383 e. The number of benzene rings is 1. The highest BCUT2D eigenvalue weighted by Gasteiger charge is 2.40. The van der Waals surface area contributed by atoms with Crippen molar-refractivity contribution in [2.45, 2.75) is 38.3 Å². The van der Waals surface area contributed by atoms with Gasteiger partial charge in [0.25, 0.3) is 0 Å². The second-order valence-corrected chi connectivity index (χ2v) is 6.47. The molecule has 1 aliphatic rings. The molecule has 1 N–H and O–H groups in total. The molecule has 1 aromatic carbocycles. The van der Waals surface area contributed by atoms with Gasteiger partial charge in [0, 0.05) is 5.02 Å². The molecule has 1 fully saturated rings. The van der Waals surface area contributed by atoms with E-state index in [9.17, 15) is 5.11 Å². The van der Waals surface area contributed by atoms with Crippen LogP contribution in [0.2, 0.25) is 5.02 Å². The molecular formula is C17H20ClN3O. The Balaban J connectivity index is 1.93. The summed E-state index contributed by atoms with van der Waals surface area (Å²) in [5.74, 6) is 0.184. The minimum atomic E-state index is -0.883. The van der Waals surface area contributed by atoms with Crippen LogP contribution in [0.1, 0.15) is 31.7 Å². The van der Waals surface area contributed by atoms with E-state index in [0.29, 0.717) is 6.54 Å². The summed E-state index contributed by atoms with van der Waals surface area (Å²) in [6, 6.07) is 7.70. The van der Waals surface area contributed by atoms with Crippen LogP contribution < -0.4 is 0 Å². The molecule has 0 bridgehead atoms. The van der Waals surface area contributed by atoms with Crippen LogP contribution in [0.25, 0.3) is 6.08 Å². The van der Waals surface area contributed by atoms with Crippen LogP contribution in [0.3, 0.4) is 0 Å². The van der Waals surface area contributed by atoms with Crippen molar-refractivity contribution in [2.24, 2.45) is 5.92 Å². The molecule has 2 unspecified atom stereocenters. The molecule has 0 spiro atoms. The van der Waals surface area contributed by atoms with Crippen molar-refractivity contribution in [2.75, 3.05) is 0 Å². The zero-order valence-corrected chi connectivity index (χ0v) is 13.4. The van der Waals surface area contributed by atoms with Gasteiger partial charge < -0.3 is 5.11 Å². The van der Waals surface area contributed by atoms with E-state index in [1.807, 2.05) is 24.3 Å². The van der Waals surface area contributed by atoms with Gasteiger partial charge in [-0.25, -0.2) is 9.67 Å². The van der Waals surface area contributed by atoms with Gasteiger partial charge in [0.05, 0.1) is 6.54 Å². The molecule has 0 aliphatic heterocycles. The number of hydrogen-bond donors (Lipinski definition) is 1. The summed E-state index contributed by atoms with van der Waals surface area (Å²) in [5, 5.41) is 16.2. The van der Waals surface area contributed by atoms with E-state index in [4.69, 9.17) is 11.6 Å². The Morgan fingerprint density at radius 1 is 1.41 bits per heavy atom. The molecular weight excluding hydrogens is 298 g/mol. The van der Waals surface area contributed by atoms with Gasteiger partial charge in [-0.1, -0.05) is 36.7 Å².